The van der Waals surface area contributed by atoms with Crippen molar-refractivity contribution in [1.29, 1.82) is 0 Å². The average Bonchev–Trinajstić information content (AvgIpc) is 2.22. The third-order valence-corrected chi connectivity index (χ3v) is 2.51. The molecule has 0 atom stereocenters. The highest BCUT2D eigenvalue weighted by Crippen LogP contribution is 2.02. The van der Waals surface area contributed by atoms with Crippen molar-refractivity contribution in [3.05, 3.63) is 0 Å². The smallest absolute Gasteiger partial charge is 0.219 e. The van der Waals surface area contributed by atoms with Crippen LogP contribution in [-0.4, -0.2) is 43.5 Å². The first-order valence-corrected chi connectivity index (χ1v) is 5.76. The van der Waals surface area contributed by atoms with Crippen LogP contribution in [0.1, 0.15) is 33.1 Å². The van der Waals surface area contributed by atoms with Gasteiger partial charge in [-0.25, -0.2) is 0 Å². The van der Waals surface area contributed by atoms with Crippen LogP contribution in [0.4, 0.5) is 0 Å². The molecule has 90 valence electrons. The van der Waals surface area contributed by atoms with Crippen molar-refractivity contribution in [1.82, 2.24) is 10.2 Å². The molecule has 4 nitrogen and oxygen atoms in total. The molecule has 0 heterocycles. The summed E-state index contributed by atoms with van der Waals surface area (Å²) < 4.78 is 0. The third kappa shape index (κ3) is 7.33. The molecular formula is C11H25N3O. The van der Waals surface area contributed by atoms with Gasteiger partial charge < -0.3 is 16.0 Å². The molecule has 0 aliphatic heterocycles. The lowest BCUT2D eigenvalue weighted by Gasteiger charge is -2.26. The Balaban J connectivity index is 3.70. The van der Waals surface area contributed by atoms with E-state index < -0.39 is 0 Å². The third-order valence-electron chi connectivity index (χ3n) is 2.51. The second-order valence-electron chi connectivity index (χ2n) is 4.05. The van der Waals surface area contributed by atoms with Crippen LogP contribution in [-0.2, 0) is 4.79 Å². The average molecular weight is 215 g/mol. The maximum atomic E-state index is 11.0. The van der Waals surface area contributed by atoms with E-state index in [-0.39, 0.29) is 5.91 Å². The summed E-state index contributed by atoms with van der Waals surface area (Å²) in [6.07, 6.45) is 2.56. The first kappa shape index (κ1) is 14.4. The van der Waals surface area contributed by atoms with E-state index in [1.807, 2.05) is 0 Å². The SMILES string of the molecule is CNC(=O)CCCN(CCCN)C(C)C. The highest BCUT2D eigenvalue weighted by Gasteiger charge is 2.08. The molecule has 0 bridgehead atoms. The van der Waals surface area contributed by atoms with Gasteiger partial charge in [-0.15, -0.1) is 0 Å². The fraction of sp³-hybridized carbons (Fsp3) is 0.909. The summed E-state index contributed by atoms with van der Waals surface area (Å²) in [5.41, 5.74) is 5.48. The zero-order valence-corrected chi connectivity index (χ0v) is 10.3. The number of hydrogen-bond acceptors (Lipinski definition) is 3. The molecule has 3 N–H and O–H groups in total. The minimum absolute atomic E-state index is 0.123. The van der Waals surface area contributed by atoms with Crippen molar-refractivity contribution in [2.24, 2.45) is 5.73 Å². The molecule has 1 amide bonds. The molecule has 0 spiro atoms. The van der Waals surface area contributed by atoms with Gasteiger partial charge in [-0.3, -0.25) is 4.79 Å². The van der Waals surface area contributed by atoms with Crippen LogP contribution in [0.25, 0.3) is 0 Å². The zero-order valence-electron chi connectivity index (χ0n) is 10.3. The van der Waals surface area contributed by atoms with Crippen LogP contribution in [0, 0.1) is 0 Å². The fourth-order valence-electron chi connectivity index (χ4n) is 1.49. The summed E-state index contributed by atoms with van der Waals surface area (Å²) in [5, 5.41) is 2.63. The number of rotatable bonds is 8. The predicted molar refractivity (Wildman–Crippen MR) is 63.7 cm³/mol. The van der Waals surface area contributed by atoms with Crippen LogP contribution in [0.3, 0.4) is 0 Å². The number of carbonyl (C=O) groups is 1. The predicted octanol–water partition coefficient (Wildman–Crippen LogP) is 0.572. The number of carbonyl (C=O) groups excluding carboxylic acids is 1. The molecule has 0 aromatic heterocycles. The van der Waals surface area contributed by atoms with Crippen molar-refractivity contribution >= 4 is 5.91 Å². The van der Waals surface area contributed by atoms with Crippen LogP contribution in [0.5, 0.6) is 0 Å². The summed E-state index contributed by atoms with van der Waals surface area (Å²) in [6.45, 7) is 7.10. The topological polar surface area (TPSA) is 58.4 Å². The molecule has 0 rings (SSSR count). The number of amides is 1. The lowest BCUT2D eigenvalue weighted by molar-refractivity contribution is -0.120. The minimum Gasteiger partial charge on any atom is -0.359 e. The fourth-order valence-corrected chi connectivity index (χ4v) is 1.49. The van der Waals surface area contributed by atoms with Crippen LogP contribution < -0.4 is 11.1 Å². The van der Waals surface area contributed by atoms with E-state index in [0.717, 1.165) is 32.5 Å². The number of nitrogens with one attached hydrogen (secondary N) is 1. The lowest BCUT2D eigenvalue weighted by Crippen LogP contribution is -2.34. The monoisotopic (exact) mass is 215 g/mol. The molecule has 0 saturated carbocycles. The Morgan fingerprint density at radius 2 is 1.93 bits per heavy atom. The van der Waals surface area contributed by atoms with Gasteiger partial charge in [0.15, 0.2) is 0 Å². The van der Waals surface area contributed by atoms with Gasteiger partial charge in [0.2, 0.25) is 5.91 Å². The van der Waals surface area contributed by atoms with E-state index >= 15 is 0 Å². The van der Waals surface area contributed by atoms with Crippen molar-refractivity contribution in [3.8, 4) is 0 Å². The number of hydrogen-bond donors (Lipinski definition) is 2. The summed E-state index contributed by atoms with van der Waals surface area (Å²) in [5.74, 6) is 0.123. The lowest BCUT2D eigenvalue weighted by atomic mass is 10.2. The molecule has 15 heavy (non-hydrogen) atoms. The molecule has 4 heteroatoms. The standard InChI is InChI=1S/C11H25N3O/c1-10(2)14(9-5-7-12)8-4-6-11(15)13-3/h10H,4-9,12H2,1-3H3,(H,13,15). The Labute approximate surface area is 93.2 Å². The van der Waals surface area contributed by atoms with Gasteiger partial charge in [0.05, 0.1) is 0 Å². The Morgan fingerprint density at radius 3 is 2.40 bits per heavy atom. The first-order valence-electron chi connectivity index (χ1n) is 5.76. The van der Waals surface area contributed by atoms with Gasteiger partial charge in [-0.1, -0.05) is 0 Å². The van der Waals surface area contributed by atoms with Gasteiger partial charge in [-0.2, -0.15) is 0 Å². The van der Waals surface area contributed by atoms with Gasteiger partial charge >= 0.3 is 0 Å². The summed E-state index contributed by atoms with van der Waals surface area (Å²) in [7, 11) is 1.68. The van der Waals surface area contributed by atoms with E-state index in [9.17, 15) is 4.79 Å². The van der Waals surface area contributed by atoms with Gasteiger partial charge in [0.25, 0.3) is 0 Å². The molecule has 0 unspecified atom stereocenters. The first-order chi connectivity index (χ1) is 7.11. The maximum absolute atomic E-state index is 11.0. The summed E-state index contributed by atoms with van der Waals surface area (Å²) in [4.78, 5) is 13.4. The number of nitrogens with two attached hydrogens (primary N) is 1. The van der Waals surface area contributed by atoms with Crippen molar-refractivity contribution in [3.63, 3.8) is 0 Å². The molecule has 0 saturated heterocycles. The van der Waals surface area contributed by atoms with E-state index in [4.69, 9.17) is 5.73 Å². The van der Waals surface area contributed by atoms with Crippen molar-refractivity contribution in [2.75, 3.05) is 26.7 Å². The van der Waals surface area contributed by atoms with E-state index in [1.54, 1.807) is 7.05 Å². The Morgan fingerprint density at radius 1 is 1.33 bits per heavy atom. The Bertz CT molecular complexity index is 171. The minimum atomic E-state index is 0.123. The highest BCUT2D eigenvalue weighted by molar-refractivity contribution is 5.75. The van der Waals surface area contributed by atoms with E-state index in [0.29, 0.717) is 12.5 Å². The second kappa shape index (κ2) is 8.68. The molecule has 0 radical (unpaired) electrons. The molecule has 0 aliphatic carbocycles. The Kier molecular flexibility index (Phi) is 8.33. The van der Waals surface area contributed by atoms with Gasteiger partial charge in [0.1, 0.15) is 0 Å². The zero-order chi connectivity index (χ0) is 11.7. The molecular weight excluding hydrogens is 190 g/mol. The van der Waals surface area contributed by atoms with Crippen LogP contribution in [0.2, 0.25) is 0 Å². The molecule has 0 aromatic carbocycles. The maximum Gasteiger partial charge on any atom is 0.219 e. The Hall–Kier alpha value is -0.610. The van der Waals surface area contributed by atoms with Crippen molar-refractivity contribution < 1.29 is 4.79 Å². The normalized spacial score (nSPS) is 11.1. The van der Waals surface area contributed by atoms with E-state index in [1.165, 1.54) is 0 Å². The summed E-state index contributed by atoms with van der Waals surface area (Å²) >= 11 is 0. The van der Waals surface area contributed by atoms with Gasteiger partial charge in [-0.05, 0) is 46.3 Å². The van der Waals surface area contributed by atoms with Crippen LogP contribution in [0.15, 0.2) is 0 Å². The van der Waals surface area contributed by atoms with E-state index in [2.05, 4.69) is 24.1 Å². The summed E-state index contributed by atoms with van der Waals surface area (Å²) in [6, 6.07) is 0.529. The number of nitrogens with zero attached hydrogens (tertiary/aromatic N) is 1. The second-order valence-corrected chi connectivity index (χ2v) is 4.05. The van der Waals surface area contributed by atoms with Crippen LogP contribution >= 0.6 is 0 Å². The highest BCUT2D eigenvalue weighted by atomic mass is 16.1. The van der Waals surface area contributed by atoms with Gasteiger partial charge in [0, 0.05) is 19.5 Å². The molecule has 0 aromatic rings. The molecule has 0 aliphatic rings. The molecule has 0 fully saturated rings. The van der Waals surface area contributed by atoms with Crippen molar-refractivity contribution in [2.45, 2.75) is 39.2 Å². The largest absolute Gasteiger partial charge is 0.359 e. The quantitative estimate of drug-likeness (QED) is 0.622.